The quantitative estimate of drug-likeness (QED) is 0.907. The van der Waals surface area contributed by atoms with Crippen molar-refractivity contribution in [1.29, 1.82) is 0 Å². The van der Waals surface area contributed by atoms with Gasteiger partial charge in [0.05, 0.1) is 0 Å². The summed E-state index contributed by atoms with van der Waals surface area (Å²) in [6.45, 7) is 4.01. The van der Waals surface area contributed by atoms with Crippen LogP contribution in [0.2, 0.25) is 0 Å². The summed E-state index contributed by atoms with van der Waals surface area (Å²) in [5, 5.41) is 3.59. The molecule has 2 atom stereocenters. The van der Waals surface area contributed by atoms with Crippen LogP contribution < -0.4 is 10.2 Å². The molecule has 1 aromatic heterocycles. The number of fused-ring (bicyclic) bond motifs is 2. The predicted octanol–water partition coefficient (Wildman–Crippen LogP) is 1.69. The summed E-state index contributed by atoms with van der Waals surface area (Å²) < 4.78 is 1.61. The number of halogens is 1. The number of amides is 1. The fraction of sp³-hybridized carbons (Fsp3) is 0.733. The summed E-state index contributed by atoms with van der Waals surface area (Å²) in [5.74, 6) is 0.0456. The van der Waals surface area contributed by atoms with Crippen molar-refractivity contribution in [2.45, 2.75) is 64.2 Å². The lowest BCUT2D eigenvalue weighted by molar-refractivity contribution is -0.133. The molecule has 5 nitrogen and oxygen atoms in total. The molecule has 3 heterocycles. The van der Waals surface area contributed by atoms with E-state index in [0.717, 1.165) is 23.4 Å². The zero-order valence-electron chi connectivity index (χ0n) is 13.3. The Labute approximate surface area is 141 Å². The van der Waals surface area contributed by atoms with Gasteiger partial charge in [-0.2, -0.15) is 0 Å². The highest BCUT2D eigenvalue weighted by Gasteiger charge is 2.36. The Morgan fingerprint density at radius 1 is 1.32 bits per heavy atom. The molecule has 0 spiro atoms. The highest BCUT2D eigenvalue weighted by Crippen LogP contribution is 2.29. The fourth-order valence-electron chi connectivity index (χ4n) is 3.56. The number of likely N-dealkylation sites (N-methyl/N-ethyl adjacent to an activating group) is 1. The third-order valence-corrected chi connectivity index (χ3v) is 6.05. The Hall–Kier alpha value is -0.850. The van der Waals surface area contributed by atoms with E-state index in [1.54, 1.807) is 4.57 Å². The van der Waals surface area contributed by atoms with Crippen LogP contribution >= 0.6 is 23.7 Å². The van der Waals surface area contributed by atoms with Crippen LogP contribution in [-0.2, 0) is 11.3 Å². The van der Waals surface area contributed by atoms with E-state index < -0.39 is 0 Å². The van der Waals surface area contributed by atoms with Crippen LogP contribution in [0.5, 0.6) is 0 Å². The van der Waals surface area contributed by atoms with Crippen molar-refractivity contribution in [1.82, 2.24) is 14.8 Å². The molecule has 1 amide bonds. The SMILES string of the molecule is Cc1sc(=O)n(CC(=O)N(C)C2CC3CCC(C2)N3)c1C.Cl. The molecule has 3 rings (SSSR count). The highest BCUT2D eigenvalue weighted by atomic mass is 35.5. The average Bonchev–Trinajstić information content (AvgIpc) is 2.91. The van der Waals surface area contributed by atoms with E-state index >= 15 is 0 Å². The van der Waals surface area contributed by atoms with E-state index in [1.165, 1.54) is 24.2 Å². The van der Waals surface area contributed by atoms with E-state index in [4.69, 9.17) is 0 Å². The zero-order valence-corrected chi connectivity index (χ0v) is 14.9. The minimum Gasteiger partial charge on any atom is -0.341 e. The van der Waals surface area contributed by atoms with E-state index in [-0.39, 0.29) is 29.7 Å². The van der Waals surface area contributed by atoms with Crippen LogP contribution in [0.15, 0.2) is 4.79 Å². The van der Waals surface area contributed by atoms with E-state index in [0.29, 0.717) is 18.1 Å². The van der Waals surface area contributed by atoms with Gasteiger partial charge in [0.15, 0.2) is 0 Å². The second-order valence-electron chi connectivity index (χ2n) is 6.36. The first kappa shape index (κ1) is 17.5. The van der Waals surface area contributed by atoms with Crippen LogP contribution in [0.1, 0.15) is 36.3 Å². The van der Waals surface area contributed by atoms with Crippen molar-refractivity contribution >= 4 is 29.7 Å². The number of hydrogen-bond donors (Lipinski definition) is 1. The molecule has 7 heteroatoms. The minimum atomic E-state index is -0.0304. The molecular weight excluding hydrogens is 322 g/mol. The standard InChI is InChI=1S/C15H23N3O2S.ClH/c1-9-10(2)21-15(20)18(9)8-14(19)17(3)13-6-11-4-5-12(7-13)16-11;/h11-13,16H,4-8H2,1-3H3;1H. The summed E-state index contributed by atoms with van der Waals surface area (Å²) in [7, 11) is 1.89. The Balaban J connectivity index is 0.00000176. The first-order chi connectivity index (χ1) is 9.95. The van der Waals surface area contributed by atoms with Crippen LogP contribution in [-0.4, -0.2) is 40.5 Å². The predicted molar refractivity (Wildman–Crippen MR) is 91.0 cm³/mol. The maximum atomic E-state index is 12.5. The third kappa shape index (κ3) is 3.24. The lowest BCUT2D eigenvalue weighted by Crippen LogP contribution is -2.49. The van der Waals surface area contributed by atoms with Gasteiger partial charge in [0.1, 0.15) is 6.54 Å². The molecule has 2 unspecified atom stereocenters. The molecular formula is C15H24ClN3O2S. The van der Waals surface area contributed by atoms with Crippen molar-refractivity contribution in [2.75, 3.05) is 7.05 Å². The number of aryl methyl sites for hydroxylation is 1. The van der Waals surface area contributed by atoms with Gasteiger partial charge in [0.2, 0.25) is 5.91 Å². The minimum absolute atomic E-state index is 0. The molecule has 2 fully saturated rings. The van der Waals surface area contributed by atoms with Gasteiger partial charge in [-0.05, 0) is 39.5 Å². The number of aromatic nitrogens is 1. The van der Waals surface area contributed by atoms with Gasteiger partial charge in [0.25, 0.3) is 0 Å². The Morgan fingerprint density at radius 3 is 2.41 bits per heavy atom. The largest absolute Gasteiger partial charge is 0.341 e. The van der Waals surface area contributed by atoms with E-state index in [1.807, 2.05) is 25.8 Å². The Kier molecular flexibility index (Phi) is 5.35. The second kappa shape index (κ2) is 6.72. The fourth-order valence-corrected chi connectivity index (χ4v) is 4.40. The van der Waals surface area contributed by atoms with Crippen LogP contribution in [0.3, 0.4) is 0 Å². The van der Waals surface area contributed by atoms with E-state index in [2.05, 4.69) is 5.32 Å². The molecule has 2 saturated heterocycles. The van der Waals surface area contributed by atoms with Crippen molar-refractivity contribution in [3.05, 3.63) is 20.2 Å². The first-order valence-corrected chi connectivity index (χ1v) is 8.46. The van der Waals surface area contributed by atoms with Crippen LogP contribution in [0, 0.1) is 13.8 Å². The summed E-state index contributed by atoms with van der Waals surface area (Å²) in [4.78, 5) is 27.3. The maximum absolute atomic E-state index is 12.5. The van der Waals surface area contributed by atoms with Gasteiger partial charge >= 0.3 is 4.87 Å². The van der Waals surface area contributed by atoms with Gasteiger partial charge < -0.3 is 10.2 Å². The van der Waals surface area contributed by atoms with Crippen LogP contribution in [0.25, 0.3) is 0 Å². The first-order valence-electron chi connectivity index (χ1n) is 7.64. The molecule has 0 saturated carbocycles. The molecule has 22 heavy (non-hydrogen) atoms. The molecule has 1 N–H and O–H groups in total. The highest BCUT2D eigenvalue weighted by molar-refractivity contribution is 7.09. The monoisotopic (exact) mass is 345 g/mol. The van der Waals surface area contributed by atoms with Crippen molar-refractivity contribution in [2.24, 2.45) is 0 Å². The number of carbonyl (C=O) groups excluding carboxylic acids is 1. The summed E-state index contributed by atoms with van der Waals surface area (Å²) >= 11 is 1.22. The van der Waals surface area contributed by atoms with Crippen LogP contribution in [0.4, 0.5) is 0 Å². The summed E-state index contributed by atoms with van der Waals surface area (Å²) in [6, 6.07) is 1.45. The zero-order chi connectivity index (χ0) is 15.1. The number of carbonyl (C=O) groups is 1. The Morgan fingerprint density at radius 2 is 1.91 bits per heavy atom. The van der Waals surface area contributed by atoms with Crippen molar-refractivity contribution in [3.8, 4) is 0 Å². The lowest BCUT2D eigenvalue weighted by Gasteiger charge is -2.35. The number of nitrogens with zero attached hydrogens (tertiary/aromatic N) is 2. The maximum Gasteiger partial charge on any atom is 0.308 e. The molecule has 0 radical (unpaired) electrons. The molecule has 2 aliphatic heterocycles. The molecule has 2 bridgehead atoms. The van der Waals surface area contributed by atoms with Gasteiger partial charge in [-0.25, -0.2) is 0 Å². The van der Waals surface area contributed by atoms with Gasteiger partial charge in [0, 0.05) is 35.7 Å². The molecule has 124 valence electrons. The van der Waals surface area contributed by atoms with Crippen molar-refractivity contribution < 1.29 is 4.79 Å². The van der Waals surface area contributed by atoms with E-state index in [9.17, 15) is 9.59 Å². The second-order valence-corrected chi connectivity index (χ2v) is 7.53. The topological polar surface area (TPSA) is 54.3 Å². The van der Waals surface area contributed by atoms with Gasteiger partial charge in [-0.3, -0.25) is 14.2 Å². The summed E-state index contributed by atoms with van der Waals surface area (Å²) in [5.41, 5.74) is 0.914. The Bertz CT molecular complexity index is 600. The molecule has 0 aliphatic carbocycles. The van der Waals surface area contributed by atoms with Crippen molar-refractivity contribution in [3.63, 3.8) is 0 Å². The normalized spacial score (nSPS) is 26.6. The third-order valence-electron chi connectivity index (χ3n) is 5.06. The number of nitrogens with one attached hydrogen (secondary N) is 1. The lowest BCUT2D eigenvalue weighted by atomic mass is 9.98. The number of hydrogen-bond acceptors (Lipinski definition) is 4. The molecule has 2 aliphatic rings. The molecule has 0 aromatic carbocycles. The molecule has 1 aromatic rings. The smallest absolute Gasteiger partial charge is 0.308 e. The van der Waals surface area contributed by atoms with Gasteiger partial charge in [-0.15, -0.1) is 12.4 Å². The number of rotatable bonds is 3. The summed E-state index contributed by atoms with van der Waals surface area (Å²) in [6.07, 6.45) is 4.53. The number of piperidine rings is 1. The average molecular weight is 346 g/mol. The van der Waals surface area contributed by atoms with Gasteiger partial charge in [-0.1, -0.05) is 11.3 Å². The number of thiazole rings is 1.